The minimum absolute atomic E-state index is 0.00812. The van der Waals surface area contributed by atoms with Crippen LogP contribution in [0.25, 0.3) is 11.0 Å². The van der Waals surface area contributed by atoms with Crippen LogP contribution in [0.2, 0.25) is 0 Å². The average Bonchev–Trinajstić information content (AvgIpc) is 3.32. The molecule has 164 valence electrons. The number of alkyl halides is 3. The van der Waals surface area contributed by atoms with Crippen molar-refractivity contribution in [2.24, 2.45) is 0 Å². The van der Waals surface area contributed by atoms with Crippen LogP contribution in [0, 0.1) is 0 Å². The Morgan fingerprint density at radius 1 is 0.875 bits per heavy atom. The number of rotatable bonds is 5. The molecule has 2 aromatic carbocycles. The van der Waals surface area contributed by atoms with Crippen LogP contribution < -0.4 is 15.4 Å². The summed E-state index contributed by atoms with van der Waals surface area (Å²) in [4.78, 5) is 25.4. The highest BCUT2D eigenvalue weighted by atomic mass is 79.9. The number of anilines is 2. The Morgan fingerprint density at radius 3 is 2.25 bits per heavy atom. The minimum atomic E-state index is -4.82. The molecule has 0 radical (unpaired) electrons. The molecule has 0 fully saturated rings. The Kier molecular flexibility index (Phi) is 5.66. The maximum absolute atomic E-state index is 12.8. The van der Waals surface area contributed by atoms with E-state index in [-0.39, 0.29) is 22.9 Å². The highest BCUT2D eigenvalue weighted by molar-refractivity contribution is 9.10. The molecule has 0 aliphatic rings. The summed E-state index contributed by atoms with van der Waals surface area (Å²) < 4.78 is 51.9. The molecule has 7 nitrogen and oxygen atoms in total. The van der Waals surface area contributed by atoms with Gasteiger partial charge in [-0.2, -0.15) is 0 Å². The molecule has 0 aliphatic heterocycles. The van der Waals surface area contributed by atoms with E-state index in [2.05, 4.69) is 31.3 Å². The maximum Gasteiger partial charge on any atom is 0.573 e. The SMILES string of the molecule is O=C(Nc1c(C(=O)Nc2ccc(OC(F)(F)F)cc2)oc2ccccc12)c1ccc(Br)o1. The van der Waals surface area contributed by atoms with Crippen LogP contribution in [-0.4, -0.2) is 18.2 Å². The van der Waals surface area contributed by atoms with Crippen molar-refractivity contribution in [3.05, 3.63) is 76.9 Å². The summed E-state index contributed by atoms with van der Waals surface area (Å²) >= 11 is 3.11. The molecule has 0 saturated heterocycles. The lowest BCUT2D eigenvalue weighted by molar-refractivity contribution is -0.274. The fourth-order valence-corrected chi connectivity index (χ4v) is 3.18. The molecular weight excluding hydrogens is 497 g/mol. The van der Waals surface area contributed by atoms with Crippen molar-refractivity contribution in [3.63, 3.8) is 0 Å². The van der Waals surface area contributed by atoms with Gasteiger partial charge in [0, 0.05) is 11.1 Å². The van der Waals surface area contributed by atoms with Crippen LogP contribution in [0.1, 0.15) is 21.1 Å². The van der Waals surface area contributed by atoms with Crippen LogP contribution in [0.5, 0.6) is 5.75 Å². The normalized spacial score (nSPS) is 11.4. The Morgan fingerprint density at radius 2 is 1.59 bits per heavy atom. The summed E-state index contributed by atoms with van der Waals surface area (Å²) in [6.45, 7) is 0. The van der Waals surface area contributed by atoms with Gasteiger partial charge >= 0.3 is 6.36 Å². The number of hydrogen-bond acceptors (Lipinski definition) is 5. The summed E-state index contributed by atoms with van der Waals surface area (Å²) in [6.07, 6.45) is -4.82. The van der Waals surface area contributed by atoms with E-state index < -0.39 is 23.9 Å². The van der Waals surface area contributed by atoms with E-state index in [4.69, 9.17) is 8.83 Å². The van der Waals surface area contributed by atoms with E-state index >= 15 is 0 Å². The third-order valence-electron chi connectivity index (χ3n) is 4.18. The zero-order chi connectivity index (χ0) is 22.9. The summed E-state index contributed by atoms with van der Waals surface area (Å²) in [5, 5.41) is 5.60. The first-order chi connectivity index (χ1) is 15.2. The number of para-hydroxylation sites is 1. The molecule has 0 aliphatic carbocycles. The highest BCUT2D eigenvalue weighted by Gasteiger charge is 2.31. The van der Waals surface area contributed by atoms with Crippen LogP contribution in [0.4, 0.5) is 24.5 Å². The number of halogens is 4. The van der Waals surface area contributed by atoms with Gasteiger partial charge in [-0.05, 0) is 64.5 Å². The zero-order valence-electron chi connectivity index (χ0n) is 15.8. The topological polar surface area (TPSA) is 93.7 Å². The molecule has 2 aromatic heterocycles. The second kappa shape index (κ2) is 8.42. The molecule has 11 heteroatoms. The fourth-order valence-electron chi connectivity index (χ4n) is 2.87. The Hall–Kier alpha value is -3.73. The lowest BCUT2D eigenvalue weighted by atomic mass is 10.2. The van der Waals surface area contributed by atoms with Crippen molar-refractivity contribution < 1.29 is 36.3 Å². The number of fused-ring (bicyclic) bond motifs is 1. The molecule has 0 atom stereocenters. The van der Waals surface area contributed by atoms with Gasteiger partial charge in [0.25, 0.3) is 11.8 Å². The van der Waals surface area contributed by atoms with Crippen molar-refractivity contribution in [2.45, 2.75) is 6.36 Å². The number of furan rings is 2. The molecule has 0 bridgehead atoms. The van der Waals surface area contributed by atoms with Gasteiger partial charge in [-0.25, -0.2) is 0 Å². The second-order valence-corrected chi connectivity index (χ2v) is 7.17. The molecule has 2 heterocycles. The number of carbonyl (C=O) groups is 2. The smallest absolute Gasteiger partial charge is 0.449 e. The Balaban J connectivity index is 1.60. The van der Waals surface area contributed by atoms with Crippen LogP contribution in [0.15, 0.2) is 74.2 Å². The van der Waals surface area contributed by atoms with E-state index in [1.54, 1.807) is 30.3 Å². The van der Waals surface area contributed by atoms with Crippen molar-refractivity contribution >= 4 is 50.1 Å². The van der Waals surface area contributed by atoms with Gasteiger partial charge in [0.05, 0.1) is 0 Å². The first-order valence-corrected chi connectivity index (χ1v) is 9.74. The molecule has 4 aromatic rings. The van der Waals surface area contributed by atoms with Crippen LogP contribution in [-0.2, 0) is 0 Å². The first kappa shape index (κ1) is 21.5. The lowest BCUT2D eigenvalue weighted by Crippen LogP contribution is -2.18. The monoisotopic (exact) mass is 508 g/mol. The van der Waals surface area contributed by atoms with Gasteiger partial charge in [-0.15, -0.1) is 13.2 Å². The molecule has 2 amide bonds. The number of benzene rings is 2. The Bertz CT molecular complexity index is 1300. The molecule has 0 saturated carbocycles. The van der Waals surface area contributed by atoms with Crippen molar-refractivity contribution in [2.75, 3.05) is 10.6 Å². The van der Waals surface area contributed by atoms with Crippen molar-refractivity contribution in [3.8, 4) is 5.75 Å². The number of ether oxygens (including phenoxy) is 1. The highest BCUT2D eigenvalue weighted by Crippen LogP contribution is 2.32. The van der Waals surface area contributed by atoms with Gasteiger partial charge in [0.1, 0.15) is 17.0 Å². The lowest BCUT2D eigenvalue weighted by Gasteiger charge is -2.10. The number of hydrogen-bond donors (Lipinski definition) is 2. The molecule has 0 spiro atoms. The predicted octanol–water partition coefficient (Wildman–Crippen LogP) is 6.19. The van der Waals surface area contributed by atoms with Gasteiger partial charge in [-0.3, -0.25) is 9.59 Å². The molecule has 2 N–H and O–H groups in total. The van der Waals surface area contributed by atoms with Crippen LogP contribution >= 0.6 is 15.9 Å². The van der Waals surface area contributed by atoms with E-state index in [9.17, 15) is 22.8 Å². The van der Waals surface area contributed by atoms with Gasteiger partial charge < -0.3 is 24.2 Å². The number of carbonyl (C=O) groups excluding carboxylic acids is 2. The molecular formula is C21H12BrF3N2O5. The summed E-state index contributed by atoms with van der Waals surface area (Å²) in [5.41, 5.74) is 0.660. The Labute approximate surface area is 186 Å². The second-order valence-electron chi connectivity index (χ2n) is 6.39. The van der Waals surface area contributed by atoms with Gasteiger partial charge in [0.2, 0.25) is 5.76 Å². The van der Waals surface area contributed by atoms with E-state index in [1.807, 2.05) is 0 Å². The maximum atomic E-state index is 12.8. The van der Waals surface area contributed by atoms with E-state index in [1.165, 1.54) is 18.2 Å². The quantitative estimate of drug-likeness (QED) is 0.335. The number of nitrogens with one attached hydrogen (secondary N) is 2. The zero-order valence-corrected chi connectivity index (χ0v) is 17.4. The third-order valence-corrected chi connectivity index (χ3v) is 4.61. The average molecular weight is 509 g/mol. The van der Waals surface area contributed by atoms with E-state index in [0.717, 1.165) is 12.1 Å². The van der Waals surface area contributed by atoms with Crippen molar-refractivity contribution in [1.82, 2.24) is 0 Å². The van der Waals surface area contributed by atoms with Crippen LogP contribution in [0.3, 0.4) is 0 Å². The summed E-state index contributed by atoms with van der Waals surface area (Å²) in [6, 6.07) is 14.3. The number of amides is 2. The molecule has 0 unspecified atom stereocenters. The summed E-state index contributed by atoms with van der Waals surface area (Å²) in [7, 11) is 0. The first-order valence-electron chi connectivity index (χ1n) is 8.95. The molecule has 32 heavy (non-hydrogen) atoms. The largest absolute Gasteiger partial charge is 0.573 e. The standard InChI is InChI=1S/C21H12BrF3N2O5/c22-16-10-9-15(30-16)19(28)27-17-13-3-1-2-4-14(13)31-18(17)20(29)26-11-5-7-12(8-6-11)32-21(23,24)25/h1-10H,(H,26,29)(H,27,28). The minimum Gasteiger partial charge on any atom is -0.449 e. The predicted molar refractivity (Wildman–Crippen MR) is 112 cm³/mol. The van der Waals surface area contributed by atoms with Crippen molar-refractivity contribution in [1.29, 1.82) is 0 Å². The fraction of sp³-hybridized carbons (Fsp3) is 0.0476. The van der Waals surface area contributed by atoms with Gasteiger partial charge in [0.15, 0.2) is 10.4 Å². The van der Waals surface area contributed by atoms with Gasteiger partial charge in [-0.1, -0.05) is 12.1 Å². The third kappa shape index (κ3) is 4.78. The molecule has 4 rings (SSSR count). The van der Waals surface area contributed by atoms with E-state index in [0.29, 0.717) is 15.6 Å². The summed E-state index contributed by atoms with van der Waals surface area (Å²) in [5.74, 6) is -1.95.